The van der Waals surface area contributed by atoms with Crippen LogP contribution in [0.2, 0.25) is 0 Å². The average molecular weight is 447 g/mol. The SMILES string of the molecule is CCCNC(=O)[C@@H](CC)N(Cc1ccc(OC)cc1)C(=O)CSCc1ccc(F)cc1. The highest BCUT2D eigenvalue weighted by atomic mass is 32.2. The number of halogens is 1. The molecule has 0 aromatic heterocycles. The van der Waals surface area contributed by atoms with E-state index < -0.39 is 6.04 Å². The molecule has 168 valence electrons. The lowest BCUT2D eigenvalue weighted by atomic mass is 10.1. The largest absolute Gasteiger partial charge is 0.497 e. The van der Waals surface area contributed by atoms with E-state index in [1.54, 1.807) is 24.1 Å². The first kappa shape index (κ1) is 24.7. The van der Waals surface area contributed by atoms with Crippen molar-refractivity contribution in [1.82, 2.24) is 10.2 Å². The lowest BCUT2D eigenvalue weighted by Gasteiger charge is -2.30. The zero-order chi connectivity index (χ0) is 22.6. The fourth-order valence-electron chi connectivity index (χ4n) is 3.13. The minimum atomic E-state index is -0.535. The van der Waals surface area contributed by atoms with Crippen LogP contribution in [-0.4, -0.2) is 42.2 Å². The van der Waals surface area contributed by atoms with Gasteiger partial charge in [0, 0.05) is 18.8 Å². The number of thioether (sulfide) groups is 1. The first-order chi connectivity index (χ1) is 15.0. The third kappa shape index (κ3) is 7.90. The molecule has 0 aliphatic rings. The van der Waals surface area contributed by atoms with E-state index in [9.17, 15) is 14.0 Å². The molecule has 0 bridgehead atoms. The zero-order valence-corrected chi connectivity index (χ0v) is 19.2. The Morgan fingerprint density at radius 2 is 1.71 bits per heavy atom. The van der Waals surface area contributed by atoms with E-state index in [0.717, 1.165) is 23.3 Å². The van der Waals surface area contributed by atoms with Crippen LogP contribution in [0.1, 0.15) is 37.8 Å². The molecule has 0 spiro atoms. The van der Waals surface area contributed by atoms with E-state index in [-0.39, 0.29) is 23.4 Å². The van der Waals surface area contributed by atoms with Gasteiger partial charge in [-0.05, 0) is 48.2 Å². The molecular weight excluding hydrogens is 415 g/mol. The molecular formula is C24H31FN2O3S. The number of nitrogens with zero attached hydrogens (tertiary/aromatic N) is 1. The van der Waals surface area contributed by atoms with E-state index in [1.165, 1.54) is 23.9 Å². The Morgan fingerprint density at radius 3 is 2.29 bits per heavy atom. The quantitative estimate of drug-likeness (QED) is 0.525. The molecule has 1 N–H and O–H groups in total. The van der Waals surface area contributed by atoms with Crippen molar-refractivity contribution >= 4 is 23.6 Å². The smallest absolute Gasteiger partial charge is 0.242 e. The van der Waals surface area contributed by atoms with Crippen molar-refractivity contribution in [3.8, 4) is 5.75 Å². The molecule has 2 aromatic rings. The van der Waals surface area contributed by atoms with Crippen molar-refractivity contribution in [3.05, 3.63) is 65.5 Å². The van der Waals surface area contributed by atoms with E-state index in [0.29, 0.717) is 25.3 Å². The van der Waals surface area contributed by atoms with Gasteiger partial charge >= 0.3 is 0 Å². The number of ether oxygens (including phenoxy) is 1. The van der Waals surface area contributed by atoms with Crippen molar-refractivity contribution in [1.29, 1.82) is 0 Å². The summed E-state index contributed by atoms with van der Waals surface area (Å²) in [6.45, 7) is 4.83. The van der Waals surface area contributed by atoms with Gasteiger partial charge in [0.2, 0.25) is 11.8 Å². The van der Waals surface area contributed by atoms with Crippen molar-refractivity contribution in [2.24, 2.45) is 0 Å². The highest BCUT2D eigenvalue weighted by Gasteiger charge is 2.28. The molecule has 0 fully saturated rings. The molecule has 2 amide bonds. The van der Waals surface area contributed by atoms with Gasteiger partial charge in [0.25, 0.3) is 0 Å². The van der Waals surface area contributed by atoms with Gasteiger partial charge in [0.05, 0.1) is 12.9 Å². The topological polar surface area (TPSA) is 58.6 Å². The molecule has 0 radical (unpaired) electrons. The van der Waals surface area contributed by atoms with Gasteiger partial charge in [-0.1, -0.05) is 38.1 Å². The van der Waals surface area contributed by atoms with Crippen LogP contribution in [0.15, 0.2) is 48.5 Å². The van der Waals surface area contributed by atoms with Gasteiger partial charge < -0.3 is 15.0 Å². The van der Waals surface area contributed by atoms with Crippen LogP contribution >= 0.6 is 11.8 Å². The van der Waals surface area contributed by atoms with Crippen molar-refractivity contribution in [2.75, 3.05) is 19.4 Å². The minimum Gasteiger partial charge on any atom is -0.497 e. The van der Waals surface area contributed by atoms with Gasteiger partial charge in [-0.2, -0.15) is 0 Å². The Balaban J connectivity index is 2.10. The van der Waals surface area contributed by atoms with Crippen LogP contribution in [0.25, 0.3) is 0 Å². The summed E-state index contributed by atoms with van der Waals surface area (Å²) in [6, 6.07) is 13.2. The van der Waals surface area contributed by atoms with E-state index in [1.807, 2.05) is 38.1 Å². The van der Waals surface area contributed by atoms with Crippen molar-refractivity contribution in [2.45, 2.75) is 45.0 Å². The summed E-state index contributed by atoms with van der Waals surface area (Å²) in [5, 5.41) is 2.91. The summed E-state index contributed by atoms with van der Waals surface area (Å²) in [4.78, 5) is 27.5. The number of amides is 2. The van der Waals surface area contributed by atoms with Crippen molar-refractivity contribution < 1.29 is 18.7 Å². The number of carbonyl (C=O) groups excluding carboxylic acids is 2. The first-order valence-electron chi connectivity index (χ1n) is 10.5. The number of carbonyl (C=O) groups is 2. The Bertz CT molecular complexity index is 828. The molecule has 0 unspecified atom stereocenters. The minimum absolute atomic E-state index is 0.0959. The van der Waals surface area contributed by atoms with Gasteiger partial charge in [0.1, 0.15) is 17.6 Å². The molecule has 7 heteroatoms. The second-order valence-corrected chi connectivity index (χ2v) is 8.19. The normalized spacial score (nSPS) is 11.6. The Kier molecular flexibility index (Phi) is 10.4. The number of nitrogens with one attached hydrogen (secondary N) is 1. The summed E-state index contributed by atoms with van der Waals surface area (Å²) in [5.41, 5.74) is 1.88. The zero-order valence-electron chi connectivity index (χ0n) is 18.4. The molecule has 0 aliphatic heterocycles. The highest BCUT2D eigenvalue weighted by Crippen LogP contribution is 2.19. The maximum atomic E-state index is 13.1. The summed E-state index contributed by atoms with van der Waals surface area (Å²) >= 11 is 1.46. The number of hydrogen-bond donors (Lipinski definition) is 1. The number of hydrogen-bond acceptors (Lipinski definition) is 4. The van der Waals surface area contributed by atoms with Crippen LogP contribution in [-0.2, 0) is 21.9 Å². The predicted octanol–water partition coefficient (Wildman–Crippen LogP) is 4.40. The molecule has 0 saturated carbocycles. The third-order valence-corrected chi connectivity index (χ3v) is 5.84. The van der Waals surface area contributed by atoms with E-state index in [4.69, 9.17) is 4.74 Å². The average Bonchev–Trinajstić information content (AvgIpc) is 2.79. The highest BCUT2D eigenvalue weighted by molar-refractivity contribution is 7.99. The van der Waals surface area contributed by atoms with Crippen molar-refractivity contribution in [3.63, 3.8) is 0 Å². The monoisotopic (exact) mass is 446 g/mol. The molecule has 2 rings (SSSR count). The first-order valence-corrected chi connectivity index (χ1v) is 11.7. The fraction of sp³-hybridized carbons (Fsp3) is 0.417. The van der Waals surface area contributed by atoms with Crippen LogP contribution in [0, 0.1) is 5.82 Å². The summed E-state index contributed by atoms with van der Waals surface area (Å²) in [7, 11) is 1.61. The Labute approximate surface area is 188 Å². The summed E-state index contributed by atoms with van der Waals surface area (Å²) < 4.78 is 18.3. The molecule has 0 saturated heterocycles. The second-order valence-electron chi connectivity index (χ2n) is 7.20. The van der Waals surface area contributed by atoms with Gasteiger partial charge in [-0.3, -0.25) is 9.59 Å². The second kappa shape index (κ2) is 13.0. The lowest BCUT2D eigenvalue weighted by molar-refractivity contribution is -0.139. The summed E-state index contributed by atoms with van der Waals surface area (Å²) in [5.74, 6) is 1.08. The van der Waals surface area contributed by atoms with E-state index >= 15 is 0 Å². The Morgan fingerprint density at radius 1 is 1.06 bits per heavy atom. The lowest BCUT2D eigenvalue weighted by Crippen LogP contribution is -2.49. The third-order valence-electron chi connectivity index (χ3n) is 4.85. The van der Waals surface area contributed by atoms with E-state index in [2.05, 4.69) is 5.32 Å². The number of methoxy groups -OCH3 is 1. The molecule has 2 aromatic carbocycles. The van der Waals surface area contributed by atoms with Gasteiger partial charge in [-0.25, -0.2) is 4.39 Å². The van der Waals surface area contributed by atoms with Crippen LogP contribution in [0.4, 0.5) is 4.39 Å². The number of benzene rings is 2. The van der Waals surface area contributed by atoms with Gasteiger partial charge in [-0.15, -0.1) is 11.8 Å². The fourth-order valence-corrected chi connectivity index (χ4v) is 4.00. The molecule has 5 nitrogen and oxygen atoms in total. The Hall–Kier alpha value is -2.54. The summed E-state index contributed by atoms with van der Waals surface area (Å²) in [6.07, 6.45) is 1.36. The van der Waals surface area contributed by atoms with Crippen LogP contribution in [0.3, 0.4) is 0 Å². The van der Waals surface area contributed by atoms with Gasteiger partial charge in [0.15, 0.2) is 0 Å². The van der Waals surface area contributed by atoms with Crippen LogP contribution in [0.5, 0.6) is 5.75 Å². The molecule has 1 atom stereocenters. The number of rotatable bonds is 12. The molecule has 31 heavy (non-hydrogen) atoms. The molecule has 0 aliphatic carbocycles. The molecule has 0 heterocycles. The predicted molar refractivity (Wildman–Crippen MR) is 123 cm³/mol. The maximum Gasteiger partial charge on any atom is 0.242 e. The standard InChI is InChI=1S/C24H31FN2O3S/c1-4-14-26-24(29)22(5-2)27(15-18-8-12-21(30-3)13-9-18)23(28)17-31-16-19-6-10-20(25)11-7-19/h6-13,22H,4-5,14-17H2,1-3H3,(H,26,29)/t22-/m1/s1. The maximum absolute atomic E-state index is 13.1. The van der Waals surface area contributed by atoms with Crippen LogP contribution < -0.4 is 10.1 Å².